The molecule has 1 atom stereocenters. The van der Waals surface area contributed by atoms with Crippen molar-refractivity contribution in [2.45, 2.75) is 46.7 Å². The molecular formula is C25H34ClN3O2. The number of hydrogen-bond acceptors (Lipinski definition) is 3. The Morgan fingerprint density at radius 3 is 2.26 bits per heavy atom. The van der Waals surface area contributed by atoms with Crippen LogP contribution in [-0.2, 0) is 16.1 Å². The highest BCUT2D eigenvalue weighted by Crippen LogP contribution is 2.32. The monoisotopic (exact) mass is 443 g/mol. The zero-order chi connectivity index (χ0) is 23.2. The number of rotatable bonds is 8. The van der Waals surface area contributed by atoms with Crippen molar-refractivity contribution in [1.29, 1.82) is 0 Å². The second-order valence-corrected chi connectivity index (χ2v) is 9.37. The molecule has 0 heterocycles. The molecule has 0 aliphatic heterocycles. The van der Waals surface area contributed by atoms with E-state index in [4.69, 9.17) is 11.6 Å². The molecule has 0 bridgehead atoms. The van der Waals surface area contributed by atoms with E-state index in [1.165, 1.54) is 0 Å². The van der Waals surface area contributed by atoms with Crippen molar-refractivity contribution in [3.05, 3.63) is 59.7 Å². The smallest absolute Gasteiger partial charge is 0.228 e. The molecule has 2 amide bonds. The lowest BCUT2D eigenvalue weighted by Gasteiger charge is -2.35. The number of alkyl halides is 1. The Labute approximate surface area is 191 Å². The van der Waals surface area contributed by atoms with Crippen LogP contribution in [-0.4, -0.2) is 36.7 Å². The fraction of sp³-hybridized carbons (Fsp3) is 0.440. The minimum atomic E-state index is -0.520. The Hall–Kier alpha value is -2.53. The van der Waals surface area contributed by atoms with Gasteiger partial charge in [-0.25, -0.2) is 0 Å². The van der Waals surface area contributed by atoms with Crippen LogP contribution in [0.3, 0.4) is 0 Å². The molecule has 6 heteroatoms. The Morgan fingerprint density at radius 1 is 1.06 bits per heavy atom. The third kappa shape index (κ3) is 6.73. The van der Waals surface area contributed by atoms with Gasteiger partial charge >= 0.3 is 0 Å². The lowest BCUT2D eigenvalue weighted by atomic mass is 9.92. The highest BCUT2D eigenvalue weighted by molar-refractivity contribution is 6.19. The van der Waals surface area contributed by atoms with Gasteiger partial charge in [0.1, 0.15) is 0 Å². The first kappa shape index (κ1) is 24.7. The molecule has 0 aromatic heterocycles. The van der Waals surface area contributed by atoms with Crippen molar-refractivity contribution >= 4 is 34.8 Å². The van der Waals surface area contributed by atoms with Gasteiger partial charge in [0.05, 0.1) is 6.04 Å². The van der Waals surface area contributed by atoms with Crippen molar-refractivity contribution in [2.75, 3.05) is 30.2 Å². The lowest BCUT2D eigenvalue weighted by molar-refractivity contribution is -0.142. The molecule has 2 aromatic carbocycles. The van der Waals surface area contributed by atoms with Gasteiger partial charge in [0.25, 0.3) is 0 Å². The van der Waals surface area contributed by atoms with Crippen molar-refractivity contribution < 1.29 is 9.59 Å². The van der Waals surface area contributed by atoms with E-state index in [1.54, 1.807) is 0 Å². The van der Waals surface area contributed by atoms with Gasteiger partial charge in [-0.2, -0.15) is 0 Å². The van der Waals surface area contributed by atoms with Crippen LogP contribution in [0.2, 0.25) is 0 Å². The van der Waals surface area contributed by atoms with Crippen molar-refractivity contribution in [2.24, 2.45) is 5.41 Å². The van der Waals surface area contributed by atoms with Gasteiger partial charge in [-0.05, 0) is 36.2 Å². The van der Waals surface area contributed by atoms with Gasteiger partial charge in [0, 0.05) is 49.7 Å². The first-order valence-electron chi connectivity index (χ1n) is 10.6. The van der Waals surface area contributed by atoms with Crippen molar-refractivity contribution in [3.8, 4) is 0 Å². The van der Waals surface area contributed by atoms with Gasteiger partial charge in [-0.1, -0.05) is 51.1 Å². The number of nitrogens with zero attached hydrogens (tertiary/aromatic N) is 2. The number of carbonyl (C=O) groups is 2. The minimum Gasteiger partial charge on any atom is -0.377 e. The topological polar surface area (TPSA) is 52.7 Å². The summed E-state index contributed by atoms with van der Waals surface area (Å²) >= 11 is 5.69. The van der Waals surface area contributed by atoms with E-state index < -0.39 is 5.41 Å². The van der Waals surface area contributed by atoms with Gasteiger partial charge < -0.3 is 15.1 Å². The number of amides is 2. The fourth-order valence-corrected chi connectivity index (χ4v) is 3.62. The Kier molecular flexibility index (Phi) is 8.52. The molecule has 0 saturated heterocycles. The van der Waals surface area contributed by atoms with Crippen LogP contribution in [0.5, 0.6) is 0 Å². The predicted octanol–water partition coefficient (Wildman–Crippen LogP) is 5.46. The van der Waals surface area contributed by atoms with Crippen LogP contribution in [0, 0.1) is 5.41 Å². The van der Waals surface area contributed by atoms with Crippen LogP contribution in [0.25, 0.3) is 0 Å². The minimum absolute atomic E-state index is 0.0742. The van der Waals surface area contributed by atoms with Gasteiger partial charge in [0.2, 0.25) is 11.8 Å². The maximum atomic E-state index is 13.4. The molecule has 2 aromatic rings. The van der Waals surface area contributed by atoms with E-state index in [9.17, 15) is 9.59 Å². The number of carbonyl (C=O) groups excluding carboxylic acids is 2. The average Bonchev–Trinajstić information content (AvgIpc) is 2.71. The summed E-state index contributed by atoms with van der Waals surface area (Å²) in [7, 11) is 3.95. The Bertz CT molecular complexity index is 891. The van der Waals surface area contributed by atoms with E-state index in [2.05, 4.69) is 12.2 Å². The Balaban J connectivity index is 2.46. The molecule has 168 valence electrons. The summed E-state index contributed by atoms with van der Waals surface area (Å²) in [6.07, 6.45) is 0.256. The largest absolute Gasteiger partial charge is 0.377 e. The summed E-state index contributed by atoms with van der Waals surface area (Å²) in [5.41, 5.74) is 3.23. The summed E-state index contributed by atoms with van der Waals surface area (Å²) < 4.78 is 0. The molecule has 0 spiro atoms. The molecule has 0 aliphatic rings. The summed E-state index contributed by atoms with van der Waals surface area (Å²) in [6.45, 7) is 8.31. The SMILES string of the molecule is C[C@@H](c1ccccc1)N(Cc1cc(NC(=O)CCCl)ccc1N(C)C)C(=O)C(C)(C)C. The number of halogens is 1. The van der Waals surface area contributed by atoms with E-state index in [0.717, 1.165) is 16.8 Å². The zero-order valence-electron chi connectivity index (χ0n) is 19.4. The first-order valence-corrected chi connectivity index (χ1v) is 11.1. The highest BCUT2D eigenvalue weighted by atomic mass is 35.5. The zero-order valence-corrected chi connectivity index (χ0v) is 20.2. The van der Waals surface area contributed by atoms with Crippen LogP contribution in [0.4, 0.5) is 11.4 Å². The lowest BCUT2D eigenvalue weighted by Crippen LogP contribution is -2.40. The Morgan fingerprint density at radius 2 is 1.71 bits per heavy atom. The summed E-state index contributed by atoms with van der Waals surface area (Å²) in [6, 6.07) is 15.7. The van der Waals surface area contributed by atoms with Crippen LogP contribution < -0.4 is 10.2 Å². The summed E-state index contributed by atoms with van der Waals surface area (Å²) in [5.74, 6) is 0.223. The molecule has 0 fully saturated rings. The number of hydrogen-bond donors (Lipinski definition) is 1. The first-order chi connectivity index (χ1) is 14.5. The highest BCUT2D eigenvalue weighted by Gasteiger charge is 2.31. The summed E-state index contributed by atoms with van der Waals surface area (Å²) in [4.78, 5) is 29.4. The maximum absolute atomic E-state index is 13.4. The molecule has 0 aliphatic carbocycles. The molecule has 2 rings (SSSR count). The molecule has 31 heavy (non-hydrogen) atoms. The predicted molar refractivity (Wildman–Crippen MR) is 130 cm³/mol. The number of benzene rings is 2. The third-order valence-electron chi connectivity index (χ3n) is 5.16. The van der Waals surface area contributed by atoms with E-state index in [1.807, 2.05) is 93.2 Å². The average molecular weight is 444 g/mol. The van der Waals surface area contributed by atoms with Crippen molar-refractivity contribution in [3.63, 3.8) is 0 Å². The quantitative estimate of drug-likeness (QED) is 0.551. The normalized spacial score (nSPS) is 12.2. The number of anilines is 2. The third-order valence-corrected chi connectivity index (χ3v) is 5.35. The van der Waals surface area contributed by atoms with E-state index in [0.29, 0.717) is 12.2 Å². The second kappa shape index (κ2) is 10.7. The van der Waals surface area contributed by atoms with Crippen LogP contribution in [0.15, 0.2) is 48.5 Å². The maximum Gasteiger partial charge on any atom is 0.228 e. The van der Waals surface area contributed by atoms with Gasteiger partial charge in [0.15, 0.2) is 0 Å². The molecule has 5 nitrogen and oxygen atoms in total. The molecular weight excluding hydrogens is 410 g/mol. The molecule has 0 saturated carbocycles. The fourth-order valence-electron chi connectivity index (χ4n) is 3.45. The number of nitrogens with one attached hydrogen (secondary N) is 1. The summed E-state index contributed by atoms with van der Waals surface area (Å²) in [5, 5.41) is 2.90. The van der Waals surface area contributed by atoms with Gasteiger partial charge in [-0.3, -0.25) is 9.59 Å². The molecule has 0 unspecified atom stereocenters. The second-order valence-electron chi connectivity index (χ2n) is 8.99. The molecule has 0 radical (unpaired) electrons. The standard InChI is InChI=1S/C25H34ClN3O2/c1-18(19-10-8-7-9-11-19)29(24(31)25(2,3)4)17-20-16-21(27-23(30)14-15-26)12-13-22(20)28(5)6/h7-13,16,18H,14-15,17H2,1-6H3,(H,27,30)/t18-/m0/s1. The van der Waals surface area contributed by atoms with E-state index >= 15 is 0 Å². The van der Waals surface area contributed by atoms with Gasteiger partial charge in [-0.15, -0.1) is 11.6 Å². The van der Waals surface area contributed by atoms with Crippen LogP contribution in [0.1, 0.15) is 51.3 Å². The molecule has 1 N–H and O–H groups in total. The van der Waals surface area contributed by atoms with Crippen LogP contribution >= 0.6 is 11.6 Å². The van der Waals surface area contributed by atoms with E-state index in [-0.39, 0.29) is 30.2 Å². The van der Waals surface area contributed by atoms with Crippen molar-refractivity contribution in [1.82, 2.24) is 4.90 Å².